The summed E-state index contributed by atoms with van der Waals surface area (Å²) >= 11 is 0. The van der Waals surface area contributed by atoms with Crippen molar-refractivity contribution in [2.45, 2.75) is 160 Å². The van der Waals surface area contributed by atoms with Gasteiger partial charge in [0.15, 0.2) is 22.4 Å². The molecular formula is C27H52O5Si2. The first kappa shape index (κ1) is 28.5. The van der Waals surface area contributed by atoms with E-state index in [1.165, 1.54) is 0 Å². The highest BCUT2D eigenvalue weighted by atomic mass is 28.4. The Balaban J connectivity index is 1.90. The molecule has 3 rings (SSSR count). The molecule has 2 bridgehead atoms. The van der Waals surface area contributed by atoms with E-state index in [4.69, 9.17) is 23.1 Å². The van der Waals surface area contributed by atoms with Crippen LogP contribution < -0.4 is 0 Å². The average Bonchev–Trinajstić information content (AvgIpc) is 2.93. The van der Waals surface area contributed by atoms with Gasteiger partial charge in [0.1, 0.15) is 6.10 Å². The summed E-state index contributed by atoms with van der Waals surface area (Å²) in [6.45, 7) is 27.2. The van der Waals surface area contributed by atoms with Gasteiger partial charge < -0.3 is 23.1 Å². The minimum absolute atomic E-state index is 0.00979. The van der Waals surface area contributed by atoms with E-state index in [1.54, 1.807) is 0 Å². The lowest BCUT2D eigenvalue weighted by atomic mass is 9.92. The molecule has 0 radical (unpaired) electrons. The van der Waals surface area contributed by atoms with E-state index >= 15 is 0 Å². The van der Waals surface area contributed by atoms with Crippen LogP contribution in [0.15, 0.2) is 12.2 Å². The van der Waals surface area contributed by atoms with Crippen molar-refractivity contribution in [3.63, 3.8) is 0 Å². The smallest absolute Gasteiger partial charge is 0.192 e. The molecule has 34 heavy (non-hydrogen) atoms. The highest BCUT2D eigenvalue weighted by molar-refractivity contribution is 6.74. The van der Waals surface area contributed by atoms with Gasteiger partial charge in [0.2, 0.25) is 0 Å². The maximum Gasteiger partial charge on any atom is 0.192 e. The number of fused-ring (bicyclic) bond motifs is 3. The Kier molecular flexibility index (Phi) is 8.14. The zero-order chi connectivity index (χ0) is 25.7. The van der Waals surface area contributed by atoms with Crippen molar-refractivity contribution in [3.8, 4) is 0 Å². The molecule has 3 aliphatic rings. The number of ether oxygens (including phenoxy) is 3. The first-order valence-electron chi connectivity index (χ1n) is 13.3. The molecule has 5 nitrogen and oxygen atoms in total. The van der Waals surface area contributed by atoms with Gasteiger partial charge in [-0.2, -0.15) is 0 Å². The summed E-state index contributed by atoms with van der Waals surface area (Å²) in [5, 5.41) is 0.292. The van der Waals surface area contributed by atoms with Gasteiger partial charge in [-0.1, -0.05) is 53.7 Å². The van der Waals surface area contributed by atoms with Gasteiger partial charge in [0.25, 0.3) is 0 Å². The number of rotatable bonds is 4. The summed E-state index contributed by atoms with van der Waals surface area (Å²) in [6, 6.07) is 0. The van der Waals surface area contributed by atoms with Gasteiger partial charge in [0, 0.05) is 6.42 Å². The zero-order valence-electron chi connectivity index (χ0n) is 24.0. The maximum absolute atomic E-state index is 7.03. The predicted molar refractivity (Wildman–Crippen MR) is 144 cm³/mol. The van der Waals surface area contributed by atoms with Gasteiger partial charge >= 0.3 is 0 Å². The lowest BCUT2D eigenvalue weighted by Gasteiger charge is -2.49. The number of hydrogen-bond donors (Lipinski definition) is 0. The van der Waals surface area contributed by atoms with Crippen LogP contribution in [0.3, 0.4) is 0 Å². The Bertz CT molecular complexity index is 734. The molecule has 0 spiro atoms. The molecule has 3 heterocycles. The molecule has 3 aliphatic heterocycles. The highest BCUT2D eigenvalue weighted by Gasteiger charge is 2.49. The minimum Gasteiger partial charge on any atom is -0.411 e. The molecule has 6 atom stereocenters. The molecule has 2 unspecified atom stereocenters. The second kappa shape index (κ2) is 9.69. The fourth-order valence-electron chi connectivity index (χ4n) is 4.69. The van der Waals surface area contributed by atoms with E-state index in [9.17, 15) is 0 Å². The lowest BCUT2D eigenvalue weighted by Crippen LogP contribution is -2.57. The van der Waals surface area contributed by atoms with Crippen LogP contribution in [0.4, 0.5) is 0 Å². The molecule has 2 saturated heterocycles. The molecule has 0 amide bonds. The maximum atomic E-state index is 7.03. The van der Waals surface area contributed by atoms with Crippen LogP contribution in [0.5, 0.6) is 0 Å². The Morgan fingerprint density at radius 1 is 0.765 bits per heavy atom. The predicted octanol–water partition coefficient (Wildman–Crippen LogP) is 7.18. The Morgan fingerprint density at radius 3 is 1.82 bits per heavy atom. The third kappa shape index (κ3) is 6.45. The van der Waals surface area contributed by atoms with E-state index in [2.05, 4.69) is 79.9 Å². The molecule has 0 aromatic rings. The van der Waals surface area contributed by atoms with Crippen LogP contribution in [0.1, 0.15) is 81.1 Å². The van der Waals surface area contributed by atoms with Gasteiger partial charge in [-0.15, -0.1) is 0 Å². The second-order valence-electron chi connectivity index (χ2n) is 14.2. The van der Waals surface area contributed by atoms with Crippen LogP contribution in [-0.2, 0) is 23.1 Å². The largest absolute Gasteiger partial charge is 0.411 e. The standard InChI is InChI=1S/C27H52O5Si2/c1-25(2,3)33(9,10)31-23-18-24(32-34(11,12)26(4,5)6)20-16-17-22-21(29-27(7,8)30-22)15-13-14-19(23)28-20/h13-14,19-24H,15-18H2,1-12H3/b14-13-/t19-,20+,21?,22?,23+,24-/m0/s1. The summed E-state index contributed by atoms with van der Waals surface area (Å²) < 4.78 is 33.4. The molecule has 2 fully saturated rings. The fraction of sp³-hybridized carbons (Fsp3) is 0.926. The molecule has 7 heteroatoms. The van der Waals surface area contributed by atoms with Crippen LogP contribution in [0.25, 0.3) is 0 Å². The quantitative estimate of drug-likeness (QED) is 0.295. The summed E-state index contributed by atoms with van der Waals surface area (Å²) in [6.07, 6.45) is 8.23. The monoisotopic (exact) mass is 512 g/mol. The van der Waals surface area contributed by atoms with Crippen molar-refractivity contribution in [2.24, 2.45) is 0 Å². The van der Waals surface area contributed by atoms with Crippen molar-refractivity contribution in [1.82, 2.24) is 0 Å². The highest BCUT2D eigenvalue weighted by Crippen LogP contribution is 2.44. The Labute approximate surface area is 211 Å². The van der Waals surface area contributed by atoms with E-state index in [0.717, 1.165) is 25.7 Å². The Hall–Kier alpha value is -0.0262. The molecule has 0 aliphatic carbocycles. The normalized spacial score (nSPS) is 36.1. The molecule has 198 valence electrons. The van der Waals surface area contributed by atoms with E-state index in [0.29, 0.717) is 0 Å². The van der Waals surface area contributed by atoms with Crippen LogP contribution in [0.2, 0.25) is 36.3 Å². The summed E-state index contributed by atoms with van der Waals surface area (Å²) in [4.78, 5) is 0. The fourth-order valence-corrected chi connectivity index (χ4v) is 7.39. The first-order valence-corrected chi connectivity index (χ1v) is 19.2. The third-order valence-electron chi connectivity index (χ3n) is 8.80. The second-order valence-corrected chi connectivity index (χ2v) is 23.7. The molecule has 0 N–H and O–H groups in total. The van der Waals surface area contributed by atoms with Gasteiger partial charge in [-0.3, -0.25) is 0 Å². The van der Waals surface area contributed by atoms with Crippen molar-refractivity contribution in [2.75, 3.05) is 0 Å². The topological polar surface area (TPSA) is 46.2 Å². The van der Waals surface area contributed by atoms with Crippen LogP contribution in [0, 0.1) is 0 Å². The summed E-state index contributed by atoms with van der Waals surface area (Å²) in [7, 11) is -3.94. The van der Waals surface area contributed by atoms with Gasteiger partial charge in [-0.25, -0.2) is 0 Å². The summed E-state index contributed by atoms with van der Waals surface area (Å²) in [5.41, 5.74) is 0. The van der Waals surface area contributed by atoms with Crippen molar-refractivity contribution >= 4 is 16.6 Å². The lowest BCUT2D eigenvalue weighted by molar-refractivity contribution is -0.155. The molecule has 0 aromatic carbocycles. The number of hydrogen-bond acceptors (Lipinski definition) is 5. The first-order chi connectivity index (χ1) is 15.3. The van der Waals surface area contributed by atoms with Crippen LogP contribution in [-0.4, -0.2) is 59.0 Å². The van der Waals surface area contributed by atoms with Crippen LogP contribution >= 0.6 is 0 Å². The zero-order valence-corrected chi connectivity index (χ0v) is 26.0. The van der Waals surface area contributed by atoms with Crippen molar-refractivity contribution < 1.29 is 23.1 Å². The Morgan fingerprint density at radius 2 is 1.26 bits per heavy atom. The van der Waals surface area contributed by atoms with Gasteiger partial charge in [0.05, 0.1) is 30.5 Å². The van der Waals surface area contributed by atoms with E-state index < -0.39 is 22.4 Å². The summed E-state index contributed by atoms with van der Waals surface area (Å²) in [5.74, 6) is -0.530. The van der Waals surface area contributed by atoms with Gasteiger partial charge in [-0.05, 0) is 69.4 Å². The van der Waals surface area contributed by atoms with Crippen molar-refractivity contribution in [1.29, 1.82) is 0 Å². The van der Waals surface area contributed by atoms with E-state index in [1.807, 2.05) is 13.8 Å². The molecule has 0 saturated carbocycles. The van der Waals surface area contributed by atoms with E-state index in [-0.39, 0.29) is 46.7 Å². The SMILES string of the molecule is CC1(C)OC2C/C=C\[C@@H]3O[C@H](CCC2O1)[C@@H](O[Si](C)(C)C(C)(C)C)C[C@H]3O[Si](C)(C)C(C)(C)C. The van der Waals surface area contributed by atoms with Crippen molar-refractivity contribution in [3.05, 3.63) is 12.2 Å². The molecule has 0 aromatic heterocycles. The minimum atomic E-state index is -1.97. The molecular weight excluding hydrogens is 460 g/mol. The third-order valence-corrected chi connectivity index (χ3v) is 17.8. The average molecular weight is 513 g/mol.